The smallest absolute Gasteiger partial charge is 0.337 e. The molecule has 0 spiro atoms. The Balaban J connectivity index is 1.53. The van der Waals surface area contributed by atoms with E-state index >= 15 is 0 Å². The molecule has 2 aromatic rings. The van der Waals surface area contributed by atoms with Gasteiger partial charge in [0.25, 0.3) is 0 Å². The Morgan fingerprint density at radius 1 is 0.971 bits per heavy atom. The minimum atomic E-state index is -0.552. The highest BCUT2D eigenvalue weighted by Gasteiger charge is 2.42. The Hall–Kier alpha value is -3.34. The number of benzene rings is 2. The first-order valence-corrected chi connectivity index (χ1v) is 12.3. The third kappa shape index (κ3) is 4.39. The van der Waals surface area contributed by atoms with Crippen molar-refractivity contribution in [3.8, 4) is 5.75 Å². The van der Waals surface area contributed by atoms with Crippen LogP contribution in [0.25, 0.3) is 0 Å². The lowest BCUT2D eigenvalue weighted by Crippen LogP contribution is -2.37. The lowest BCUT2D eigenvalue weighted by molar-refractivity contribution is -0.146. The van der Waals surface area contributed by atoms with Crippen LogP contribution in [0, 0.1) is 0 Å². The molecule has 0 aromatic heterocycles. The molecule has 1 heterocycles. The van der Waals surface area contributed by atoms with Crippen LogP contribution < -0.4 is 5.32 Å². The molecule has 1 fully saturated rings. The maximum atomic E-state index is 13.6. The van der Waals surface area contributed by atoms with Gasteiger partial charge >= 0.3 is 5.97 Å². The van der Waals surface area contributed by atoms with Crippen LogP contribution in [-0.2, 0) is 14.3 Å². The number of hydrogen-bond donors (Lipinski definition) is 2. The lowest BCUT2D eigenvalue weighted by atomic mass is 9.71. The van der Waals surface area contributed by atoms with Gasteiger partial charge in [-0.3, -0.25) is 4.79 Å². The molecular formula is C29H31NO4. The van der Waals surface area contributed by atoms with Crippen molar-refractivity contribution in [3.63, 3.8) is 0 Å². The second kappa shape index (κ2) is 9.49. The van der Waals surface area contributed by atoms with Gasteiger partial charge in [0.05, 0.1) is 5.57 Å². The standard InChI is InChI=1S/C29H31NO4/c1-18-26(29(33)34-23-13-6-3-7-14-23)27(20-11-8-12-22(31)15-20)28-24(30-18)16-21(17-25(28)32)19-9-4-2-5-10-19/h2,4-5,8-12,15,21,23,27,30-31H,3,6-7,13-14,16-17H2,1H3/t21-,27-/m1/s1. The van der Waals surface area contributed by atoms with Gasteiger partial charge in [-0.2, -0.15) is 0 Å². The average molecular weight is 458 g/mol. The van der Waals surface area contributed by atoms with Crippen molar-refractivity contribution in [2.75, 3.05) is 0 Å². The molecule has 5 heteroatoms. The SMILES string of the molecule is CC1=C(C(=O)OC2CCCCC2)[C@@H](c2cccc(O)c2)C2=C(C[C@@H](c3ccccc3)CC2=O)N1. The van der Waals surface area contributed by atoms with Crippen molar-refractivity contribution >= 4 is 11.8 Å². The number of carbonyl (C=O) groups is 2. The first-order chi connectivity index (χ1) is 16.5. The van der Waals surface area contributed by atoms with Crippen LogP contribution in [0.4, 0.5) is 0 Å². The summed E-state index contributed by atoms with van der Waals surface area (Å²) in [5, 5.41) is 13.6. The Kier molecular flexibility index (Phi) is 6.27. The van der Waals surface area contributed by atoms with Crippen molar-refractivity contribution in [2.24, 2.45) is 0 Å². The van der Waals surface area contributed by atoms with Crippen LogP contribution in [0.3, 0.4) is 0 Å². The fraction of sp³-hybridized carbons (Fsp3) is 0.379. The first kappa shape index (κ1) is 22.5. The van der Waals surface area contributed by atoms with Gasteiger partial charge in [-0.15, -0.1) is 0 Å². The first-order valence-electron chi connectivity index (χ1n) is 12.3. The van der Waals surface area contributed by atoms with E-state index in [9.17, 15) is 14.7 Å². The van der Waals surface area contributed by atoms with Crippen LogP contribution in [0.1, 0.15) is 74.8 Å². The summed E-state index contributed by atoms with van der Waals surface area (Å²) in [5.41, 5.74) is 4.55. The molecule has 5 rings (SSSR count). The molecule has 2 aliphatic carbocycles. The molecule has 2 atom stereocenters. The van der Waals surface area contributed by atoms with Gasteiger partial charge in [-0.1, -0.05) is 48.9 Å². The third-order valence-corrected chi connectivity index (χ3v) is 7.35. The molecule has 0 saturated heterocycles. The minimum Gasteiger partial charge on any atom is -0.508 e. The molecule has 0 radical (unpaired) electrons. The number of ketones is 1. The zero-order valence-corrected chi connectivity index (χ0v) is 19.5. The van der Waals surface area contributed by atoms with Crippen molar-refractivity contribution < 1.29 is 19.4 Å². The minimum absolute atomic E-state index is 0.0337. The number of hydrogen-bond acceptors (Lipinski definition) is 5. The molecule has 0 bridgehead atoms. The van der Waals surface area contributed by atoms with Gasteiger partial charge < -0.3 is 15.2 Å². The van der Waals surface area contributed by atoms with Crippen LogP contribution in [0.2, 0.25) is 0 Å². The normalized spacial score (nSPS) is 23.4. The predicted molar refractivity (Wildman–Crippen MR) is 130 cm³/mol. The molecule has 0 unspecified atom stereocenters. The highest BCUT2D eigenvalue weighted by molar-refractivity contribution is 6.04. The van der Waals surface area contributed by atoms with Gasteiger partial charge in [-0.25, -0.2) is 4.79 Å². The molecule has 1 aliphatic heterocycles. The largest absolute Gasteiger partial charge is 0.508 e. The average Bonchev–Trinajstić information content (AvgIpc) is 2.84. The van der Waals surface area contributed by atoms with Gasteiger partial charge in [0.1, 0.15) is 11.9 Å². The Labute approximate surface area is 200 Å². The number of dihydropyridines is 1. The topological polar surface area (TPSA) is 75.6 Å². The molecule has 176 valence electrons. The van der Waals surface area contributed by atoms with E-state index in [1.54, 1.807) is 18.2 Å². The fourth-order valence-corrected chi connectivity index (χ4v) is 5.71. The number of esters is 1. The molecule has 34 heavy (non-hydrogen) atoms. The third-order valence-electron chi connectivity index (χ3n) is 7.35. The van der Waals surface area contributed by atoms with E-state index in [4.69, 9.17) is 4.74 Å². The molecule has 2 aromatic carbocycles. The van der Waals surface area contributed by atoms with Crippen LogP contribution >= 0.6 is 0 Å². The van der Waals surface area contributed by atoms with E-state index in [1.807, 2.05) is 31.2 Å². The van der Waals surface area contributed by atoms with E-state index in [1.165, 1.54) is 6.42 Å². The number of Topliss-reactive ketones (excluding diaryl/α,β-unsaturated/α-hetero) is 1. The molecule has 3 aliphatic rings. The highest BCUT2D eigenvalue weighted by Crippen LogP contribution is 2.46. The summed E-state index contributed by atoms with van der Waals surface area (Å²) >= 11 is 0. The quantitative estimate of drug-likeness (QED) is 0.582. The second-order valence-electron chi connectivity index (χ2n) is 9.69. The number of phenolic OH excluding ortho intramolecular Hbond substituents is 1. The maximum Gasteiger partial charge on any atom is 0.337 e. The second-order valence-corrected chi connectivity index (χ2v) is 9.69. The maximum absolute atomic E-state index is 13.6. The predicted octanol–water partition coefficient (Wildman–Crippen LogP) is 5.63. The summed E-state index contributed by atoms with van der Waals surface area (Å²) in [5.74, 6) is -0.681. The highest BCUT2D eigenvalue weighted by atomic mass is 16.5. The molecule has 2 N–H and O–H groups in total. The summed E-state index contributed by atoms with van der Waals surface area (Å²) < 4.78 is 5.96. The van der Waals surface area contributed by atoms with Crippen molar-refractivity contribution in [3.05, 3.63) is 88.3 Å². The summed E-state index contributed by atoms with van der Waals surface area (Å²) in [6.45, 7) is 1.88. The molecule has 5 nitrogen and oxygen atoms in total. The summed E-state index contributed by atoms with van der Waals surface area (Å²) in [7, 11) is 0. The summed E-state index contributed by atoms with van der Waals surface area (Å²) in [4.78, 5) is 27.1. The fourth-order valence-electron chi connectivity index (χ4n) is 5.71. The monoisotopic (exact) mass is 457 g/mol. The van der Waals surface area contributed by atoms with Crippen LogP contribution in [-0.4, -0.2) is 23.0 Å². The summed E-state index contributed by atoms with van der Waals surface area (Å²) in [6, 6.07) is 17.0. The number of allylic oxidation sites excluding steroid dienone is 3. The van der Waals surface area contributed by atoms with Crippen LogP contribution in [0.15, 0.2) is 77.1 Å². The van der Waals surface area contributed by atoms with Crippen molar-refractivity contribution in [2.45, 2.75) is 69.8 Å². The number of rotatable bonds is 4. The van der Waals surface area contributed by atoms with E-state index in [-0.39, 0.29) is 29.5 Å². The van der Waals surface area contributed by atoms with Crippen LogP contribution in [0.5, 0.6) is 5.75 Å². The van der Waals surface area contributed by atoms with E-state index in [2.05, 4.69) is 17.4 Å². The number of nitrogens with one attached hydrogen (secondary N) is 1. The number of aromatic hydroxyl groups is 1. The number of ether oxygens (including phenoxy) is 1. The Morgan fingerprint density at radius 3 is 2.44 bits per heavy atom. The molecule has 1 saturated carbocycles. The zero-order chi connectivity index (χ0) is 23.7. The van der Waals surface area contributed by atoms with Gasteiger partial charge in [0.2, 0.25) is 0 Å². The van der Waals surface area contributed by atoms with Crippen molar-refractivity contribution in [1.82, 2.24) is 5.32 Å². The lowest BCUT2D eigenvalue weighted by Gasteiger charge is -2.37. The van der Waals surface area contributed by atoms with Gasteiger partial charge in [0, 0.05) is 29.3 Å². The number of carbonyl (C=O) groups excluding carboxylic acids is 2. The Bertz CT molecular complexity index is 1160. The van der Waals surface area contributed by atoms with E-state index in [0.717, 1.165) is 48.2 Å². The van der Waals surface area contributed by atoms with Gasteiger partial charge in [0.15, 0.2) is 5.78 Å². The summed E-state index contributed by atoms with van der Waals surface area (Å²) in [6.07, 6.45) is 6.09. The van der Waals surface area contributed by atoms with E-state index in [0.29, 0.717) is 24.0 Å². The van der Waals surface area contributed by atoms with Gasteiger partial charge in [-0.05, 0) is 68.2 Å². The Morgan fingerprint density at radius 2 is 1.71 bits per heavy atom. The van der Waals surface area contributed by atoms with Crippen molar-refractivity contribution in [1.29, 1.82) is 0 Å². The zero-order valence-electron chi connectivity index (χ0n) is 19.5. The van der Waals surface area contributed by atoms with E-state index < -0.39 is 5.92 Å². The molecule has 0 amide bonds. The number of phenols is 1. The molecular weight excluding hydrogens is 426 g/mol.